The van der Waals surface area contributed by atoms with Crippen molar-refractivity contribution in [1.82, 2.24) is 4.98 Å². The van der Waals surface area contributed by atoms with Crippen molar-refractivity contribution in [2.24, 2.45) is 5.92 Å². The van der Waals surface area contributed by atoms with Crippen molar-refractivity contribution in [3.8, 4) is 0 Å². The molecule has 0 spiro atoms. The fourth-order valence-electron chi connectivity index (χ4n) is 1.58. The summed E-state index contributed by atoms with van der Waals surface area (Å²) in [5.41, 5.74) is 1.21. The van der Waals surface area contributed by atoms with Crippen molar-refractivity contribution in [3.05, 3.63) is 11.1 Å². The first-order valence-electron chi connectivity index (χ1n) is 5.00. The van der Waals surface area contributed by atoms with Crippen molar-refractivity contribution in [2.75, 3.05) is 5.32 Å². The molecule has 0 amide bonds. The van der Waals surface area contributed by atoms with Crippen LogP contribution in [0.25, 0.3) is 0 Å². The number of thiazole rings is 1. The van der Waals surface area contributed by atoms with Crippen LogP contribution < -0.4 is 5.32 Å². The van der Waals surface area contributed by atoms with Crippen molar-refractivity contribution >= 4 is 16.5 Å². The lowest BCUT2D eigenvalue weighted by Gasteiger charge is -2.34. The molecule has 1 aliphatic rings. The smallest absolute Gasteiger partial charge is 0.183 e. The van der Waals surface area contributed by atoms with Gasteiger partial charge in [-0.25, -0.2) is 4.98 Å². The van der Waals surface area contributed by atoms with E-state index in [9.17, 15) is 0 Å². The number of hydrogen-bond donors (Lipinski definition) is 1. The summed E-state index contributed by atoms with van der Waals surface area (Å²) in [4.78, 5) is 4.49. The molecule has 72 valence electrons. The van der Waals surface area contributed by atoms with E-state index >= 15 is 0 Å². The first-order valence-corrected chi connectivity index (χ1v) is 5.88. The summed E-state index contributed by atoms with van der Waals surface area (Å²) < 4.78 is 0. The van der Waals surface area contributed by atoms with E-state index < -0.39 is 0 Å². The molecule has 1 heterocycles. The molecule has 1 N–H and O–H groups in total. The maximum Gasteiger partial charge on any atom is 0.183 e. The predicted molar refractivity (Wildman–Crippen MR) is 57.3 cm³/mol. The molecule has 2 unspecified atom stereocenters. The highest BCUT2D eigenvalue weighted by atomic mass is 32.1. The molecule has 1 saturated carbocycles. The molecule has 2 rings (SSSR count). The van der Waals surface area contributed by atoms with Crippen LogP contribution in [0.15, 0.2) is 5.38 Å². The van der Waals surface area contributed by atoms with Crippen LogP contribution in [-0.2, 0) is 6.42 Å². The van der Waals surface area contributed by atoms with Crippen LogP contribution in [0.1, 0.15) is 32.4 Å². The Kier molecular flexibility index (Phi) is 2.54. The summed E-state index contributed by atoms with van der Waals surface area (Å²) in [6, 6.07) is 0.677. The molecular formula is C10H16N2S. The van der Waals surface area contributed by atoms with Crippen molar-refractivity contribution < 1.29 is 0 Å². The van der Waals surface area contributed by atoms with Gasteiger partial charge in [-0.3, -0.25) is 0 Å². The zero-order valence-electron chi connectivity index (χ0n) is 8.21. The first-order chi connectivity index (χ1) is 6.29. The molecule has 2 atom stereocenters. The first kappa shape index (κ1) is 9.00. The van der Waals surface area contributed by atoms with Gasteiger partial charge in [-0.15, -0.1) is 11.3 Å². The maximum absolute atomic E-state index is 4.49. The molecule has 0 aliphatic heterocycles. The molecular weight excluding hydrogens is 180 g/mol. The number of hydrogen-bond acceptors (Lipinski definition) is 3. The normalized spacial score (nSPS) is 26.9. The molecule has 0 bridgehead atoms. The Bertz CT molecular complexity index is 282. The molecule has 3 heteroatoms. The lowest BCUT2D eigenvalue weighted by atomic mass is 9.81. The van der Waals surface area contributed by atoms with E-state index in [4.69, 9.17) is 0 Å². The minimum atomic E-state index is 0.677. The largest absolute Gasteiger partial charge is 0.359 e. The van der Waals surface area contributed by atoms with Crippen molar-refractivity contribution in [2.45, 2.75) is 39.2 Å². The summed E-state index contributed by atoms with van der Waals surface area (Å²) in [7, 11) is 0. The van der Waals surface area contributed by atoms with Crippen LogP contribution in [0.3, 0.4) is 0 Å². The lowest BCUT2D eigenvalue weighted by Crippen LogP contribution is -2.36. The average Bonchev–Trinajstić information content (AvgIpc) is 2.59. The van der Waals surface area contributed by atoms with Crippen molar-refractivity contribution in [1.29, 1.82) is 0 Å². The molecule has 2 nitrogen and oxygen atoms in total. The van der Waals surface area contributed by atoms with E-state index in [0.29, 0.717) is 6.04 Å². The molecule has 1 aromatic heterocycles. The Labute approximate surface area is 83.4 Å². The Hall–Kier alpha value is -0.570. The minimum absolute atomic E-state index is 0.677. The summed E-state index contributed by atoms with van der Waals surface area (Å²) in [5, 5.41) is 6.74. The van der Waals surface area contributed by atoms with Crippen LogP contribution in [0.4, 0.5) is 5.13 Å². The van der Waals surface area contributed by atoms with E-state index in [2.05, 4.69) is 29.5 Å². The Morgan fingerprint density at radius 2 is 2.46 bits per heavy atom. The van der Waals surface area contributed by atoms with Crippen molar-refractivity contribution in [3.63, 3.8) is 0 Å². The van der Waals surface area contributed by atoms with Gasteiger partial charge in [0.15, 0.2) is 5.13 Å². The fourth-order valence-corrected chi connectivity index (χ4v) is 2.43. The topological polar surface area (TPSA) is 24.9 Å². The second-order valence-electron chi connectivity index (χ2n) is 3.80. The Morgan fingerprint density at radius 3 is 2.92 bits per heavy atom. The van der Waals surface area contributed by atoms with Gasteiger partial charge in [-0.1, -0.05) is 13.8 Å². The fraction of sp³-hybridized carbons (Fsp3) is 0.700. The Balaban J connectivity index is 1.93. The van der Waals surface area contributed by atoms with Gasteiger partial charge in [0.25, 0.3) is 0 Å². The minimum Gasteiger partial charge on any atom is -0.359 e. The van der Waals surface area contributed by atoms with Crippen LogP contribution in [-0.4, -0.2) is 11.0 Å². The number of nitrogens with one attached hydrogen (secondary N) is 1. The molecule has 0 aromatic carbocycles. The molecule has 0 radical (unpaired) electrons. The van der Waals surface area contributed by atoms with Gasteiger partial charge in [0.1, 0.15) is 0 Å². The average molecular weight is 196 g/mol. The maximum atomic E-state index is 4.49. The third kappa shape index (κ3) is 1.85. The van der Waals surface area contributed by atoms with Crippen LogP contribution in [0.2, 0.25) is 0 Å². The number of aryl methyl sites for hydroxylation is 1. The van der Waals surface area contributed by atoms with Gasteiger partial charge in [0, 0.05) is 11.4 Å². The summed E-state index contributed by atoms with van der Waals surface area (Å²) in [6.45, 7) is 4.44. The molecule has 13 heavy (non-hydrogen) atoms. The van der Waals surface area contributed by atoms with E-state index in [-0.39, 0.29) is 0 Å². The van der Waals surface area contributed by atoms with Gasteiger partial charge in [0.05, 0.1) is 5.69 Å². The second kappa shape index (κ2) is 3.66. The third-order valence-electron chi connectivity index (χ3n) is 2.84. The highest BCUT2D eigenvalue weighted by molar-refractivity contribution is 7.13. The van der Waals surface area contributed by atoms with Crippen LogP contribution in [0, 0.1) is 5.92 Å². The second-order valence-corrected chi connectivity index (χ2v) is 4.66. The quantitative estimate of drug-likeness (QED) is 0.804. The zero-order valence-corrected chi connectivity index (χ0v) is 9.03. The third-order valence-corrected chi connectivity index (χ3v) is 3.67. The SMILES string of the molecule is CCc1csc(NC2CCC2C)n1. The van der Waals surface area contributed by atoms with E-state index in [0.717, 1.165) is 17.5 Å². The standard InChI is InChI=1S/C10H16N2S/c1-3-8-6-13-10(11-8)12-9-5-4-7(9)2/h6-7,9H,3-5H2,1-2H3,(H,11,12). The van der Waals surface area contributed by atoms with Gasteiger partial charge in [0.2, 0.25) is 0 Å². The zero-order chi connectivity index (χ0) is 9.26. The van der Waals surface area contributed by atoms with Gasteiger partial charge in [-0.2, -0.15) is 0 Å². The molecule has 1 fully saturated rings. The highest BCUT2D eigenvalue weighted by Gasteiger charge is 2.26. The highest BCUT2D eigenvalue weighted by Crippen LogP contribution is 2.30. The summed E-state index contributed by atoms with van der Waals surface area (Å²) in [6.07, 6.45) is 3.71. The van der Waals surface area contributed by atoms with Gasteiger partial charge < -0.3 is 5.32 Å². The number of anilines is 1. The summed E-state index contributed by atoms with van der Waals surface area (Å²) >= 11 is 1.73. The molecule has 0 saturated heterocycles. The van der Waals surface area contributed by atoms with Crippen LogP contribution in [0.5, 0.6) is 0 Å². The monoisotopic (exact) mass is 196 g/mol. The number of nitrogens with zero attached hydrogens (tertiary/aromatic N) is 1. The van der Waals surface area contributed by atoms with Crippen LogP contribution >= 0.6 is 11.3 Å². The van der Waals surface area contributed by atoms with Gasteiger partial charge in [-0.05, 0) is 25.2 Å². The number of aromatic nitrogens is 1. The predicted octanol–water partition coefficient (Wildman–Crippen LogP) is 2.92. The summed E-state index contributed by atoms with van der Waals surface area (Å²) in [5.74, 6) is 0.828. The Morgan fingerprint density at radius 1 is 1.62 bits per heavy atom. The number of rotatable bonds is 3. The lowest BCUT2D eigenvalue weighted by molar-refractivity contribution is 0.303. The molecule has 1 aliphatic carbocycles. The van der Waals surface area contributed by atoms with E-state index in [1.807, 2.05) is 0 Å². The van der Waals surface area contributed by atoms with Gasteiger partial charge >= 0.3 is 0 Å². The van der Waals surface area contributed by atoms with E-state index in [1.54, 1.807) is 11.3 Å². The van der Waals surface area contributed by atoms with E-state index in [1.165, 1.54) is 18.5 Å². The molecule has 1 aromatic rings.